The predicted octanol–water partition coefficient (Wildman–Crippen LogP) is 5.44. The molecule has 0 saturated carbocycles. The molecule has 4 rings (SSSR count). The van der Waals surface area contributed by atoms with Crippen LogP contribution in [0.5, 0.6) is 0 Å². The van der Waals surface area contributed by atoms with E-state index in [1.807, 2.05) is 0 Å². The van der Waals surface area contributed by atoms with Crippen molar-refractivity contribution in [1.29, 1.82) is 0 Å². The highest BCUT2D eigenvalue weighted by molar-refractivity contribution is 7.21. The smallest absolute Gasteiger partial charge is 0.267 e. The fourth-order valence-electron chi connectivity index (χ4n) is 3.55. The highest BCUT2D eigenvalue weighted by atomic mass is 35.5. The van der Waals surface area contributed by atoms with E-state index in [0.717, 1.165) is 47.7 Å². The summed E-state index contributed by atoms with van der Waals surface area (Å²) in [7, 11) is 0. The normalized spacial score (nSPS) is 16.3. The van der Waals surface area contributed by atoms with Gasteiger partial charge in [-0.25, -0.2) is 9.37 Å². The lowest BCUT2D eigenvalue weighted by molar-refractivity contribution is 0.103. The minimum Gasteiger partial charge on any atom is -0.397 e. The van der Waals surface area contributed by atoms with Gasteiger partial charge in [0.2, 0.25) is 0 Å². The van der Waals surface area contributed by atoms with E-state index >= 15 is 0 Å². The molecule has 2 aromatic heterocycles. The monoisotopic (exact) mass is 403 g/mol. The summed E-state index contributed by atoms with van der Waals surface area (Å²) < 4.78 is 13.2. The predicted molar refractivity (Wildman–Crippen MR) is 109 cm³/mol. The van der Waals surface area contributed by atoms with Crippen LogP contribution >= 0.6 is 22.9 Å². The number of aromatic nitrogens is 1. The molecule has 0 bridgehead atoms. The highest BCUT2D eigenvalue weighted by Crippen LogP contribution is 2.37. The lowest BCUT2D eigenvalue weighted by atomic mass is 9.85. The molecule has 27 heavy (non-hydrogen) atoms. The van der Waals surface area contributed by atoms with Gasteiger partial charge in [0.1, 0.15) is 15.5 Å². The number of nitrogen functional groups attached to an aromatic ring is 1. The Morgan fingerprint density at radius 3 is 3.00 bits per heavy atom. The van der Waals surface area contributed by atoms with E-state index < -0.39 is 5.82 Å². The van der Waals surface area contributed by atoms with E-state index in [1.165, 1.54) is 29.0 Å². The summed E-state index contributed by atoms with van der Waals surface area (Å²) in [6, 6.07) is 5.93. The fourth-order valence-corrected chi connectivity index (χ4v) is 4.76. The van der Waals surface area contributed by atoms with E-state index in [2.05, 4.69) is 18.3 Å². The van der Waals surface area contributed by atoms with Gasteiger partial charge in [0.05, 0.1) is 16.4 Å². The average molecular weight is 404 g/mol. The largest absolute Gasteiger partial charge is 0.397 e. The fraction of sp³-hybridized carbons (Fsp3) is 0.300. The van der Waals surface area contributed by atoms with Gasteiger partial charge >= 0.3 is 0 Å². The number of hydrogen-bond acceptors (Lipinski definition) is 4. The quantitative estimate of drug-likeness (QED) is 0.612. The number of aryl methyl sites for hydroxylation is 1. The number of nitrogens with one attached hydrogen (secondary N) is 1. The number of rotatable bonds is 3. The first-order valence-corrected chi connectivity index (χ1v) is 10.1. The summed E-state index contributed by atoms with van der Waals surface area (Å²) in [4.78, 5) is 18.6. The number of nitrogens with two attached hydrogens (primary N) is 1. The van der Waals surface area contributed by atoms with Crippen LogP contribution in [-0.2, 0) is 12.8 Å². The maximum atomic E-state index is 13.2. The molecule has 1 aliphatic rings. The summed E-state index contributed by atoms with van der Waals surface area (Å²) in [6.45, 7) is 2.21. The number of fused-ring (bicyclic) bond motifs is 2. The number of carbonyl (C=O) groups excluding carboxylic acids is 1. The first-order chi connectivity index (χ1) is 13.0. The molecule has 1 aliphatic carbocycles. The Morgan fingerprint density at radius 2 is 2.26 bits per heavy atom. The van der Waals surface area contributed by atoms with Gasteiger partial charge in [-0.1, -0.05) is 24.9 Å². The molecule has 0 radical (unpaired) electrons. The first-order valence-electron chi connectivity index (χ1n) is 8.93. The van der Waals surface area contributed by atoms with E-state index in [0.29, 0.717) is 22.2 Å². The lowest BCUT2D eigenvalue weighted by Crippen LogP contribution is -2.14. The minimum atomic E-state index is -0.459. The molecule has 0 aliphatic heterocycles. The Hall–Kier alpha value is -2.18. The van der Waals surface area contributed by atoms with Gasteiger partial charge in [0.15, 0.2) is 0 Å². The second-order valence-electron chi connectivity index (χ2n) is 6.89. The van der Waals surface area contributed by atoms with Crippen LogP contribution in [0.25, 0.3) is 10.2 Å². The minimum absolute atomic E-state index is 0.141. The van der Waals surface area contributed by atoms with Gasteiger partial charge in [0.25, 0.3) is 5.91 Å². The molecule has 140 valence electrons. The van der Waals surface area contributed by atoms with Gasteiger partial charge < -0.3 is 11.1 Å². The van der Waals surface area contributed by atoms with E-state index in [-0.39, 0.29) is 10.9 Å². The average Bonchev–Trinajstić information content (AvgIpc) is 2.97. The number of thiophene rings is 1. The third-order valence-corrected chi connectivity index (χ3v) is 6.58. The molecule has 3 N–H and O–H groups in total. The summed E-state index contributed by atoms with van der Waals surface area (Å²) in [6.07, 6.45) is 4.28. The van der Waals surface area contributed by atoms with Crippen molar-refractivity contribution in [3.05, 3.63) is 51.2 Å². The Labute approximate surface area is 165 Å². The maximum Gasteiger partial charge on any atom is 0.267 e. The second kappa shape index (κ2) is 7.09. The third kappa shape index (κ3) is 3.39. The van der Waals surface area contributed by atoms with Crippen molar-refractivity contribution in [3.63, 3.8) is 0 Å². The van der Waals surface area contributed by atoms with Crippen molar-refractivity contribution in [3.8, 4) is 0 Å². The molecule has 0 spiro atoms. The molecular weight excluding hydrogens is 385 g/mol. The number of amides is 1. The summed E-state index contributed by atoms with van der Waals surface area (Å²) in [5.74, 6) is -0.145. The van der Waals surface area contributed by atoms with Crippen LogP contribution in [0, 0.1) is 11.7 Å². The molecular formula is C20H19ClFN3OS. The number of nitrogens with zero attached hydrogens (tertiary/aromatic N) is 1. The Balaban J connectivity index is 1.68. The van der Waals surface area contributed by atoms with Crippen LogP contribution in [-0.4, -0.2) is 10.9 Å². The number of halogens is 2. The van der Waals surface area contributed by atoms with Crippen molar-refractivity contribution in [2.45, 2.75) is 32.6 Å². The van der Waals surface area contributed by atoms with Crippen LogP contribution < -0.4 is 11.1 Å². The molecule has 1 amide bonds. The summed E-state index contributed by atoms with van der Waals surface area (Å²) in [5.41, 5.74) is 9.40. The number of pyridine rings is 1. The Kier molecular flexibility index (Phi) is 4.78. The van der Waals surface area contributed by atoms with E-state index in [1.54, 1.807) is 0 Å². The SMILES string of the molecule is CCC1CCc2nc3sc(C(=O)Nc4ccc(F)cc4Cl)c(N)c3cc2C1. The molecule has 7 heteroatoms. The van der Waals surface area contributed by atoms with Crippen molar-refractivity contribution in [1.82, 2.24) is 4.98 Å². The molecule has 2 heterocycles. The van der Waals surface area contributed by atoms with Crippen LogP contribution in [0.3, 0.4) is 0 Å². The summed E-state index contributed by atoms with van der Waals surface area (Å²) in [5, 5.41) is 3.67. The Morgan fingerprint density at radius 1 is 1.44 bits per heavy atom. The van der Waals surface area contributed by atoms with Crippen LogP contribution in [0.4, 0.5) is 15.8 Å². The van der Waals surface area contributed by atoms with Crippen LogP contribution in [0.2, 0.25) is 5.02 Å². The summed E-state index contributed by atoms with van der Waals surface area (Å²) >= 11 is 7.27. The van der Waals surface area contributed by atoms with Gasteiger partial charge in [-0.05, 0) is 55.0 Å². The molecule has 0 saturated heterocycles. The van der Waals surface area contributed by atoms with Gasteiger partial charge in [-0.15, -0.1) is 11.3 Å². The third-order valence-electron chi connectivity index (χ3n) is 5.15. The lowest BCUT2D eigenvalue weighted by Gasteiger charge is -2.22. The van der Waals surface area contributed by atoms with Gasteiger partial charge in [0, 0.05) is 11.1 Å². The van der Waals surface area contributed by atoms with E-state index in [4.69, 9.17) is 22.3 Å². The Bertz CT molecular complexity index is 1050. The van der Waals surface area contributed by atoms with Crippen molar-refractivity contribution in [2.75, 3.05) is 11.1 Å². The molecule has 1 unspecified atom stereocenters. The molecule has 1 aromatic carbocycles. The zero-order valence-electron chi connectivity index (χ0n) is 14.8. The van der Waals surface area contributed by atoms with Crippen molar-refractivity contribution < 1.29 is 9.18 Å². The molecule has 0 fully saturated rings. The molecule has 3 aromatic rings. The zero-order valence-corrected chi connectivity index (χ0v) is 16.4. The second-order valence-corrected chi connectivity index (χ2v) is 8.29. The van der Waals surface area contributed by atoms with Crippen molar-refractivity contribution >= 4 is 50.4 Å². The number of benzene rings is 1. The molecule has 1 atom stereocenters. The number of anilines is 2. The van der Waals surface area contributed by atoms with Crippen LogP contribution in [0.1, 0.15) is 40.7 Å². The van der Waals surface area contributed by atoms with Gasteiger partial charge in [-0.3, -0.25) is 4.79 Å². The standard InChI is InChI=1S/C20H19ClFN3OS/c1-2-10-3-5-15-11(7-10)8-13-17(23)18(27-20(13)25-15)19(26)24-16-6-4-12(22)9-14(16)21/h4,6,8-10H,2-3,5,7,23H2,1H3,(H,24,26). The highest BCUT2D eigenvalue weighted by Gasteiger charge is 2.23. The number of hydrogen-bond donors (Lipinski definition) is 2. The van der Waals surface area contributed by atoms with Gasteiger partial charge in [-0.2, -0.15) is 0 Å². The first kappa shape index (κ1) is 18.2. The topological polar surface area (TPSA) is 68.0 Å². The maximum absolute atomic E-state index is 13.2. The number of carbonyl (C=O) groups is 1. The van der Waals surface area contributed by atoms with Crippen molar-refractivity contribution in [2.24, 2.45) is 5.92 Å². The molecule has 4 nitrogen and oxygen atoms in total. The van der Waals surface area contributed by atoms with E-state index in [9.17, 15) is 9.18 Å². The van der Waals surface area contributed by atoms with Crippen LogP contribution in [0.15, 0.2) is 24.3 Å². The zero-order chi connectivity index (χ0) is 19.1.